The lowest BCUT2D eigenvalue weighted by atomic mass is 10.1. The van der Waals surface area contributed by atoms with E-state index in [4.69, 9.17) is 0 Å². The topological polar surface area (TPSA) is 81.1 Å². The molecule has 1 aromatic heterocycles. The number of aromatic nitrogens is 2. The van der Waals surface area contributed by atoms with Crippen molar-refractivity contribution in [1.82, 2.24) is 9.78 Å². The molecule has 6 nitrogen and oxygen atoms in total. The average molecular weight is 333 g/mol. The van der Waals surface area contributed by atoms with Crippen molar-refractivity contribution in [2.24, 2.45) is 0 Å². The second kappa shape index (κ2) is 5.81. The van der Waals surface area contributed by atoms with Crippen LogP contribution in [0.4, 0.5) is 5.69 Å². The minimum atomic E-state index is -2.99. The van der Waals surface area contributed by atoms with Gasteiger partial charge in [0.25, 0.3) is 5.91 Å². The molecule has 1 aliphatic heterocycles. The van der Waals surface area contributed by atoms with Gasteiger partial charge in [0.1, 0.15) is 0 Å². The van der Waals surface area contributed by atoms with Gasteiger partial charge in [0.15, 0.2) is 9.84 Å². The van der Waals surface area contributed by atoms with Crippen LogP contribution in [0.15, 0.2) is 30.5 Å². The maximum atomic E-state index is 12.5. The summed E-state index contributed by atoms with van der Waals surface area (Å²) in [5, 5.41) is 7.12. The molecule has 0 radical (unpaired) electrons. The Hall–Kier alpha value is -2.15. The second-order valence-corrected chi connectivity index (χ2v) is 8.14. The molecule has 2 heterocycles. The lowest BCUT2D eigenvalue weighted by Crippen LogP contribution is -2.16. The molecule has 1 aliphatic rings. The van der Waals surface area contributed by atoms with Crippen molar-refractivity contribution in [2.75, 3.05) is 16.8 Å². The first-order valence-corrected chi connectivity index (χ1v) is 9.31. The van der Waals surface area contributed by atoms with Gasteiger partial charge in [-0.05, 0) is 31.9 Å². The van der Waals surface area contributed by atoms with Crippen LogP contribution < -0.4 is 5.32 Å². The zero-order valence-corrected chi connectivity index (χ0v) is 13.9. The van der Waals surface area contributed by atoms with Gasteiger partial charge in [0.05, 0.1) is 29.3 Å². The number of anilines is 1. The third-order valence-corrected chi connectivity index (χ3v) is 5.99. The van der Waals surface area contributed by atoms with Gasteiger partial charge in [-0.15, -0.1) is 0 Å². The molecule has 3 rings (SSSR count). The van der Waals surface area contributed by atoms with Crippen LogP contribution in [0.1, 0.15) is 34.1 Å². The highest BCUT2D eigenvalue weighted by Crippen LogP contribution is 2.25. The van der Waals surface area contributed by atoms with E-state index in [1.54, 1.807) is 11.6 Å². The molecule has 2 aromatic rings. The maximum absolute atomic E-state index is 12.5. The summed E-state index contributed by atoms with van der Waals surface area (Å²) >= 11 is 0. The Morgan fingerprint density at radius 1 is 1.30 bits per heavy atom. The average Bonchev–Trinajstić information content (AvgIpc) is 3.04. The fourth-order valence-electron chi connectivity index (χ4n) is 2.89. The summed E-state index contributed by atoms with van der Waals surface area (Å²) in [6, 6.07) is 7.36. The molecule has 1 unspecified atom stereocenters. The van der Waals surface area contributed by atoms with E-state index in [9.17, 15) is 13.2 Å². The lowest BCUT2D eigenvalue weighted by molar-refractivity contribution is 0.102. The third-order valence-electron chi connectivity index (χ3n) is 4.24. The number of hydrogen-bond donors (Lipinski definition) is 1. The number of benzene rings is 1. The Morgan fingerprint density at radius 2 is 2.04 bits per heavy atom. The van der Waals surface area contributed by atoms with Crippen molar-refractivity contribution >= 4 is 21.4 Å². The van der Waals surface area contributed by atoms with Crippen LogP contribution in [0.25, 0.3) is 0 Å². The normalized spacial score (nSPS) is 19.7. The minimum Gasteiger partial charge on any atom is -0.322 e. The molecule has 1 atom stereocenters. The van der Waals surface area contributed by atoms with E-state index in [0.29, 0.717) is 17.7 Å². The quantitative estimate of drug-likeness (QED) is 0.933. The van der Waals surface area contributed by atoms with Gasteiger partial charge < -0.3 is 5.32 Å². The predicted octanol–water partition coefficient (Wildman–Crippen LogP) is 2.11. The summed E-state index contributed by atoms with van der Waals surface area (Å²) in [5.74, 6) is 0.0414. The fourth-order valence-corrected chi connectivity index (χ4v) is 4.58. The summed E-state index contributed by atoms with van der Waals surface area (Å²) in [5.41, 5.74) is 2.90. The number of para-hydroxylation sites is 1. The van der Waals surface area contributed by atoms with Gasteiger partial charge in [-0.2, -0.15) is 5.10 Å². The van der Waals surface area contributed by atoms with Crippen LogP contribution in [0.2, 0.25) is 0 Å². The summed E-state index contributed by atoms with van der Waals surface area (Å²) < 4.78 is 24.9. The molecule has 7 heteroatoms. The molecule has 0 saturated carbocycles. The summed E-state index contributed by atoms with van der Waals surface area (Å²) in [7, 11) is -2.99. The molecule has 122 valence electrons. The summed E-state index contributed by atoms with van der Waals surface area (Å²) in [6.07, 6.45) is 2.05. The predicted molar refractivity (Wildman–Crippen MR) is 88.4 cm³/mol. The van der Waals surface area contributed by atoms with Crippen LogP contribution in [0.3, 0.4) is 0 Å². The Kier molecular flexibility index (Phi) is 3.97. The second-order valence-electron chi connectivity index (χ2n) is 5.91. The van der Waals surface area contributed by atoms with Crippen LogP contribution in [-0.4, -0.2) is 35.6 Å². The first kappa shape index (κ1) is 15.7. The minimum absolute atomic E-state index is 0.0916. The van der Waals surface area contributed by atoms with Crippen molar-refractivity contribution < 1.29 is 13.2 Å². The third kappa shape index (κ3) is 3.14. The molecule has 23 heavy (non-hydrogen) atoms. The summed E-state index contributed by atoms with van der Waals surface area (Å²) in [6.45, 7) is 3.72. The number of hydrogen-bond acceptors (Lipinski definition) is 4. The van der Waals surface area contributed by atoms with Crippen molar-refractivity contribution in [2.45, 2.75) is 26.3 Å². The highest BCUT2D eigenvalue weighted by molar-refractivity contribution is 7.91. The first-order valence-electron chi connectivity index (χ1n) is 7.49. The number of aryl methyl sites for hydroxylation is 1. The Morgan fingerprint density at radius 3 is 2.70 bits per heavy atom. The fraction of sp³-hybridized carbons (Fsp3) is 0.375. The highest BCUT2D eigenvalue weighted by atomic mass is 32.2. The van der Waals surface area contributed by atoms with Crippen molar-refractivity contribution in [3.05, 3.63) is 47.3 Å². The molecule has 0 bridgehead atoms. The van der Waals surface area contributed by atoms with Crippen molar-refractivity contribution in [1.29, 1.82) is 0 Å². The van der Waals surface area contributed by atoms with Gasteiger partial charge in [-0.25, -0.2) is 8.42 Å². The highest BCUT2D eigenvalue weighted by Gasteiger charge is 2.31. The molecule has 1 aromatic carbocycles. The monoisotopic (exact) mass is 333 g/mol. The summed E-state index contributed by atoms with van der Waals surface area (Å²) in [4.78, 5) is 12.5. The first-order chi connectivity index (χ1) is 10.9. The maximum Gasteiger partial charge on any atom is 0.259 e. The number of rotatable bonds is 3. The van der Waals surface area contributed by atoms with E-state index < -0.39 is 9.84 Å². The van der Waals surface area contributed by atoms with Crippen LogP contribution in [0, 0.1) is 13.8 Å². The standard InChI is InChI=1S/C16H19N3O3S/c1-11-5-3-4-6-15(11)18-16(20)14-9-17-19(12(14)2)13-7-8-23(21,22)10-13/h3-6,9,13H,7-8,10H2,1-2H3,(H,18,20). The van der Waals surface area contributed by atoms with Crippen molar-refractivity contribution in [3.63, 3.8) is 0 Å². The Balaban J connectivity index is 1.82. The SMILES string of the molecule is Cc1ccccc1NC(=O)c1cnn(C2CCS(=O)(=O)C2)c1C. The van der Waals surface area contributed by atoms with Gasteiger partial charge in [-0.1, -0.05) is 18.2 Å². The van der Waals surface area contributed by atoms with E-state index in [0.717, 1.165) is 11.3 Å². The van der Waals surface area contributed by atoms with Crippen LogP contribution >= 0.6 is 0 Å². The van der Waals surface area contributed by atoms with E-state index >= 15 is 0 Å². The lowest BCUT2D eigenvalue weighted by Gasteiger charge is -2.12. The number of carbonyl (C=O) groups is 1. The Labute approximate surface area is 135 Å². The van der Waals surface area contributed by atoms with Gasteiger partial charge >= 0.3 is 0 Å². The van der Waals surface area contributed by atoms with E-state index in [-0.39, 0.29) is 23.5 Å². The number of nitrogens with zero attached hydrogens (tertiary/aromatic N) is 2. The number of nitrogens with one attached hydrogen (secondary N) is 1. The molecule has 0 aliphatic carbocycles. The molecule has 1 saturated heterocycles. The molecule has 1 N–H and O–H groups in total. The van der Waals surface area contributed by atoms with Crippen molar-refractivity contribution in [3.8, 4) is 0 Å². The van der Waals surface area contributed by atoms with E-state index in [2.05, 4.69) is 10.4 Å². The van der Waals surface area contributed by atoms with Gasteiger partial charge in [0, 0.05) is 11.4 Å². The molecular formula is C16H19N3O3S. The number of carbonyl (C=O) groups excluding carboxylic acids is 1. The zero-order valence-electron chi connectivity index (χ0n) is 13.1. The van der Waals surface area contributed by atoms with Crippen LogP contribution in [0.5, 0.6) is 0 Å². The number of amides is 1. The smallest absolute Gasteiger partial charge is 0.259 e. The van der Waals surface area contributed by atoms with Crippen LogP contribution in [-0.2, 0) is 9.84 Å². The largest absolute Gasteiger partial charge is 0.322 e. The number of sulfone groups is 1. The molecule has 0 spiro atoms. The molecule has 1 fully saturated rings. The molecular weight excluding hydrogens is 314 g/mol. The van der Waals surface area contributed by atoms with Gasteiger partial charge in [-0.3, -0.25) is 9.48 Å². The Bertz CT molecular complexity index is 855. The van der Waals surface area contributed by atoms with E-state index in [1.807, 2.05) is 31.2 Å². The molecule has 1 amide bonds. The zero-order chi connectivity index (χ0) is 16.6. The van der Waals surface area contributed by atoms with E-state index in [1.165, 1.54) is 6.20 Å². The van der Waals surface area contributed by atoms with Gasteiger partial charge in [0.2, 0.25) is 0 Å².